The number of nitrogens with zero attached hydrogens (tertiary/aromatic N) is 2. The molecule has 1 saturated heterocycles. The van der Waals surface area contributed by atoms with Gasteiger partial charge in [-0.05, 0) is 48.9 Å². The standard InChI is InChI=1S/C22H24F3N3O2S/c1-31(30)18-8-4-7-17(10-18)27-21(29)19-9-16(22(23,24)25)11-26-20(19)28-12-14-5-2-3-6-15(14)13-28/h4,7-11,14-15H,2-3,5-6,12-13H2,1H3,(H,27,29). The minimum atomic E-state index is -4.60. The van der Waals surface area contributed by atoms with Crippen LogP contribution in [0.2, 0.25) is 0 Å². The second kappa shape index (κ2) is 8.61. The molecular weight excluding hydrogens is 427 g/mol. The van der Waals surface area contributed by atoms with E-state index < -0.39 is 28.4 Å². The number of nitrogens with one attached hydrogen (secondary N) is 1. The fourth-order valence-electron chi connectivity index (χ4n) is 4.56. The van der Waals surface area contributed by atoms with E-state index in [1.807, 2.05) is 4.90 Å². The number of hydrogen-bond donors (Lipinski definition) is 1. The molecule has 1 saturated carbocycles. The van der Waals surface area contributed by atoms with E-state index in [-0.39, 0.29) is 11.4 Å². The van der Waals surface area contributed by atoms with Gasteiger partial charge in [-0.15, -0.1) is 0 Å². The number of halogens is 3. The van der Waals surface area contributed by atoms with E-state index >= 15 is 0 Å². The van der Waals surface area contributed by atoms with E-state index in [4.69, 9.17) is 0 Å². The Bertz CT molecular complexity index is 998. The third kappa shape index (κ3) is 4.76. The topological polar surface area (TPSA) is 62.3 Å². The Balaban J connectivity index is 1.66. The Labute approximate surface area is 181 Å². The van der Waals surface area contributed by atoms with Crippen LogP contribution in [0.3, 0.4) is 0 Å². The molecule has 4 rings (SSSR count). The van der Waals surface area contributed by atoms with Gasteiger partial charge in [-0.1, -0.05) is 18.9 Å². The highest BCUT2D eigenvalue weighted by atomic mass is 32.2. The Morgan fingerprint density at radius 3 is 2.45 bits per heavy atom. The van der Waals surface area contributed by atoms with Gasteiger partial charge in [0, 0.05) is 46.9 Å². The maximum atomic E-state index is 13.3. The normalized spacial score (nSPS) is 22.1. The van der Waals surface area contributed by atoms with Crippen LogP contribution in [0.25, 0.3) is 0 Å². The summed E-state index contributed by atoms with van der Waals surface area (Å²) in [5.74, 6) is 0.604. The lowest BCUT2D eigenvalue weighted by atomic mass is 9.82. The lowest BCUT2D eigenvalue weighted by molar-refractivity contribution is -0.137. The van der Waals surface area contributed by atoms with Crippen molar-refractivity contribution in [1.29, 1.82) is 0 Å². The van der Waals surface area contributed by atoms with Gasteiger partial charge in [0.05, 0.1) is 11.1 Å². The average Bonchev–Trinajstić information content (AvgIpc) is 3.17. The van der Waals surface area contributed by atoms with Crippen molar-refractivity contribution >= 4 is 28.2 Å². The maximum Gasteiger partial charge on any atom is 0.417 e. The van der Waals surface area contributed by atoms with Crippen LogP contribution < -0.4 is 10.2 Å². The van der Waals surface area contributed by atoms with Crippen LogP contribution in [-0.2, 0) is 17.0 Å². The number of benzene rings is 1. The second-order valence-corrected chi connectivity index (χ2v) is 9.62. The van der Waals surface area contributed by atoms with Crippen molar-refractivity contribution < 1.29 is 22.2 Å². The molecule has 2 aliphatic rings. The van der Waals surface area contributed by atoms with E-state index in [0.29, 0.717) is 35.5 Å². The lowest BCUT2D eigenvalue weighted by Gasteiger charge is -2.22. The monoisotopic (exact) mass is 451 g/mol. The number of hydrogen-bond acceptors (Lipinski definition) is 4. The average molecular weight is 452 g/mol. The molecule has 3 atom stereocenters. The Morgan fingerprint density at radius 2 is 1.84 bits per heavy atom. The number of fused-ring (bicyclic) bond motifs is 1. The van der Waals surface area contributed by atoms with Crippen LogP contribution >= 0.6 is 0 Å². The number of anilines is 2. The maximum absolute atomic E-state index is 13.3. The van der Waals surface area contributed by atoms with Crippen molar-refractivity contribution in [1.82, 2.24) is 4.98 Å². The summed E-state index contributed by atoms with van der Waals surface area (Å²) in [5, 5.41) is 2.65. The van der Waals surface area contributed by atoms with Crippen molar-refractivity contribution in [3.8, 4) is 0 Å². The van der Waals surface area contributed by atoms with Crippen LogP contribution in [0, 0.1) is 11.8 Å². The van der Waals surface area contributed by atoms with Crippen LogP contribution in [0.5, 0.6) is 0 Å². The lowest BCUT2D eigenvalue weighted by Crippen LogP contribution is -2.26. The van der Waals surface area contributed by atoms with E-state index in [0.717, 1.165) is 37.9 Å². The van der Waals surface area contributed by atoms with Gasteiger partial charge in [0.25, 0.3) is 5.91 Å². The first-order chi connectivity index (χ1) is 14.7. The zero-order valence-electron chi connectivity index (χ0n) is 17.1. The number of alkyl halides is 3. The minimum absolute atomic E-state index is 0.100. The molecule has 1 aliphatic carbocycles. The zero-order valence-corrected chi connectivity index (χ0v) is 17.9. The fourth-order valence-corrected chi connectivity index (χ4v) is 5.12. The molecule has 2 aromatic rings. The Morgan fingerprint density at radius 1 is 1.16 bits per heavy atom. The fraction of sp³-hybridized carbons (Fsp3) is 0.455. The number of pyridine rings is 1. The highest BCUT2D eigenvalue weighted by Gasteiger charge is 2.38. The first-order valence-corrected chi connectivity index (χ1v) is 11.8. The van der Waals surface area contributed by atoms with Crippen molar-refractivity contribution in [2.45, 2.75) is 36.8 Å². The van der Waals surface area contributed by atoms with E-state index in [2.05, 4.69) is 10.3 Å². The van der Waals surface area contributed by atoms with Crippen LogP contribution in [0.4, 0.5) is 24.7 Å². The highest BCUT2D eigenvalue weighted by molar-refractivity contribution is 7.84. The highest BCUT2D eigenvalue weighted by Crippen LogP contribution is 2.39. The number of carbonyl (C=O) groups excluding carboxylic acids is 1. The predicted molar refractivity (Wildman–Crippen MR) is 114 cm³/mol. The quantitative estimate of drug-likeness (QED) is 0.731. The number of aromatic nitrogens is 1. The largest absolute Gasteiger partial charge is 0.417 e. The summed E-state index contributed by atoms with van der Waals surface area (Å²) in [7, 11) is -1.25. The molecule has 1 aliphatic heterocycles. The summed E-state index contributed by atoms with van der Waals surface area (Å²) in [6.07, 6.45) is 2.25. The summed E-state index contributed by atoms with van der Waals surface area (Å²) in [6.45, 7) is 1.40. The smallest absolute Gasteiger partial charge is 0.355 e. The van der Waals surface area contributed by atoms with E-state index in [1.54, 1.807) is 24.3 Å². The molecule has 1 N–H and O–H groups in total. The molecular formula is C22H24F3N3O2S. The van der Waals surface area contributed by atoms with Gasteiger partial charge in [0.15, 0.2) is 0 Å². The van der Waals surface area contributed by atoms with Crippen molar-refractivity contribution in [2.75, 3.05) is 29.6 Å². The summed E-state index contributed by atoms with van der Waals surface area (Å²) < 4.78 is 51.7. The molecule has 2 heterocycles. The van der Waals surface area contributed by atoms with Crippen molar-refractivity contribution in [2.24, 2.45) is 11.8 Å². The van der Waals surface area contributed by atoms with Gasteiger partial charge < -0.3 is 10.2 Å². The minimum Gasteiger partial charge on any atom is -0.355 e. The third-order valence-corrected chi connectivity index (χ3v) is 7.06. The summed E-state index contributed by atoms with van der Waals surface area (Å²) in [4.78, 5) is 19.6. The molecule has 31 heavy (non-hydrogen) atoms. The summed E-state index contributed by atoms with van der Waals surface area (Å²) in [5.41, 5.74) is -0.686. The Kier molecular flexibility index (Phi) is 6.05. The summed E-state index contributed by atoms with van der Waals surface area (Å²) in [6, 6.07) is 7.35. The molecule has 0 bridgehead atoms. The predicted octanol–water partition coefficient (Wildman–Crippen LogP) is 4.72. The zero-order chi connectivity index (χ0) is 22.2. The molecule has 0 spiro atoms. The van der Waals surface area contributed by atoms with Gasteiger partial charge in [-0.3, -0.25) is 9.00 Å². The molecule has 5 nitrogen and oxygen atoms in total. The Hall–Kier alpha value is -2.42. The molecule has 1 aromatic carbocycles. The molecule has 9 heteroatoms. The van der Waals surface area contributed by atoms with Crippen molar-refractivity contribution in [3.05, 3.63) is 47.7 Å². The first kappa shape index (κ1) is 21.8. The van der Waals surface area contributed by atoms with Crippen molar-refractivity contribution in [3.63, 3.8) is 0 Å². The molecule has 1 amide bonds. The number of carbonyl (C=O) groups is 1. The number of amides is 1. The van der Waals surface area contributed by atoms with E-state index in [9.17, 15) is 22.2 Å². The van der Waals surface area contributed by atoms with Gasteiger partial charge in [-0.2, -0.15) is 13.2 Å². The van der Waals surface area contributed by atoms with E-state index in [1.165, 1.54) is 6.26 Å². The summed E-state index contributed by atoms with van der Waals surface area (Å²) >= 11 is 0. The molecule has 1 aromatic heterocycles. The molecule has 166 valence electrons. The van der Waals surface area contributed by atoms with Gasteiger partial charge in [0.2, 0.25) is 0 Å². The van der Waals surface area contributed by atoms with Gasteiger partial charge in [-0.25, -0.2) is 4.98 Å². The SMILES string of the molecule is CS(=O)c1cccc(NC(=O)c2cc(C(F)(F)F)cnc2N2CC3CCCCC3C2)c1. The van der Waals surface area contributed by atoms with Gasteiger partial charge >= 0.3 is 6.18 Å². The van der Waals surface area contributed by atoms with Gasteiger partial charge in [0.1, 0.15) is 5.82 Å². The van der Waals surface area contributed by atoms with Crippen LogP contribution in [-0.4, -0.2) is 34.4 Å². The number of rotatable bonds is 4. The molecule has 3 unspecified atom stereocenters. The second-order valence-electron chi connectivity index (χ2n) is 8.24. The third-order valence-electron chi connectivity index (χ3n) is 6.14. The molecule has 2 fully saturated rings. The van der Waals surface area contributed by atoms with Crippen LogP contribution in [0.1, 0.15) is 41.6 Å². The molecule has 0 radical (unpaired) electrons. The van der Waals surface area contributed by atoms with Crippen LogP contribution in [0.15, 0.2) is 41.4 Å². The first-order valence-electron chi connectivity index (χ1n) is 10.3.